The van der Waals surface area contributed by atoms with Crippen LogP contribution in [0, 0.1) is 11.8 Å². The lowest BCUT2D eigenvalue weighted by Gasteiger charge is -2.25. The summed E-state index contributed by atoms with van der Waals surface area (Å²) in [6.45, 7) is 9.96. The van der Waals surface area contributed by atoms with Gasteiger partial charge in [0.05, 0.1) is 0 Å². The van der Waals surface area contributed by atoms with E-state index in [9.17, 15) is 0 Å². The molecule has 2 aliphatic heterocycles. The molecule has 2 rings (SSSR count). The Hall–Kier alpha value is -0.0800. The summed E-state index contributed by atoms with van der Waals surface area (Å²) in [6.07, 6.45) is 8.56. The van der Waals surface area contributed by atoms with Gasteiger partial charge in [0.1, 0.15) is 0 Å². The minimum absolute atomic E-state index is 0.740. The van der Waals surface area contributed by atoms with E-state index in [1.165, 1.54) is 64.7 Å². The smallest absolute Gasteiger partial charge is 0.00796 e. The molecule has 0 aromatic rings. The predicted octanol–water partition coefficient (Wildman–Crippen LogP) is 2.89. The SMILES string of the molecule is CCCC1CCCN(CC2CCNC2C)CC1. The molecule has 0 bridgehead atoms. The van der Waals surface area contributed by atoms with Crippen molar-refractivity contribution < 1.29 is 0 Å². The van der Waals surface area contributed by atoms with Crippen LogP contribution >= 0.6 is 0 Å². The summed E-state index contributed by atoms with van der Waals surface area (Å²) in [5.74, 6) is 1.92. The predicted molar refractivity (Wildman–Crippen MR) is 74.3 cm³/mol. The zero-order chi connectivity index (χ0) is 12.1. The summed E-state index contributed by atoms with van der Waals surface area (Å²) < 4.78 is 0. The maximum absolute atomic E-state index is 3.58. The lowest BCUT2D eigenvalue weighted by molar-refractivity contribution is 0.227. The highest BCUT2D eigenvalue weighted by atomic mass is 15.1. The molecule has 0 amide bonds. The summed E-state index contributed by atoms with van der Waals surface area (Å²) in [7, 11) is 0. The Balaban J connectivity index is 1.74. The van der Waals surface area contributed by atoms with Crippen LogP contribution in [0.4, 0.5) is 0 Å². The second-order valence-corrected chi connectivity index (χ2v) is 6.18. The average molecular weight is 238 g/mol. The van der Waals surface area contributed by atoms with Crippen molar-refractivity contribution in [3.8, 4) is 0 Å². The monoisotopic (exact) mass is 238 g/mol. The minimum Gasteiger partial charge on any atom is -0.314 e. The van der Waals surface area contributed by atoms with Gasteiger partial charge in [-0.05, 0) is 64.1 Å². The van der Waals surface area contributed by atoms with Gasteiger partial charge in [0.2, 0.25) is 0 Å². The van der Waals surface area contributed by atoms with Crippen LogP contribution in [0.15, 0.2) is 0 Å². The number of nitrogens with zero attached hydrogens (tertiary/aromatic N) is 1. The topological polar surface area (TPSA) is 15.3 Å². The first-order valence-electron chi connectivity index (χ1n) is 7.75. The van der Waals surface area contributed by atoms with Gasteiger partial charge in [-0.1, -0.05) is 19.8 Å². The molecule has 3 unspecified atom stereocenters. The fourth-order valence-electron chi connectivity index (χ4n) is 3.60. The van der Waals surface area contributed by atoms with Crippen molar-refractivity contribution in [2.75, 3.05) is 26.2 Å². The van der Waals surface area contributed by atoms with E-state index in [2.05, 4.69) is 24.1 Å². The van der Waals surface area contributed by atoms with E-state index in [1.54, 1.807) is 0 Å². The van der Waals surface area contributed by atoms with Crippen LogP contribution in [-0.2, 0) is 0 Å². The Labute approximate surface area is 107 Å². The van der Waals surface area contributed by atoms with Gasteiger partial charge in [0.25, 0.3) is 0 Å². The van der Waals surface area contributed by atoms with E-state index in [1.807, 2.05) is 0 Å². The second kappa shape index (κ2) is 6.75. The molecule has 100 valence electrons. The maximum Gasteiger partial charge on any atom is 0.00796 e. The van der Waals surface area contributed by atoms with E-state index < -0.39 is 0 Å². The highest BCUT2D eigenvalue weighted by Gasteiger charge is 2.26. The molecule has 0 saturated carbocycles. The van der Waals surface area contributed by atoms with Crippen molar-refractivity contribution in [3.05, 3.63) is 0 Å². The third-order valence-electron chi connectivity index (χ3n) is 4.82. The van der Waals surface area contributed by atoms with Crippen molar-refractivity contribution >= 4 is 0 Å². The van der Waals surface area contributed by atoms with Gasteiger partial charge >= 0.3 is 0 Å². The Morgan fingerprint density at radius 1 is 1.18 bits per heavy atom. The van der Waals surface area contributed by atoms with Gasteiger partial charge < -0.3 is 10.2 Å². The number of nitrogens with one attached hydrogen (secondary N) is 1. The highest BCUT2D eigenvalue weighted by molar-refractivity contribution is 4.83. The number of likely N-dealkylation sites (tertiary alicyclic amines) is 1. The normalized spacial score (nSPS) is 36.0. The Morgan fingerprint density at radius 2 is 2.06 bits per heavy atom. The van der Waals surface area contributed by atoms with Crippen molar-refractivity contribution in [3.63, 3.8) is 0 Å². The van der Waals surface area contributed by atoms with Gasteiger partial charge in [-0.3, -0.25) is 0 Å². The first-order valence-corrected chi connectivity index (χ1v) is 7.75. The fourth-order valence-corrected chi connectivity index (χ4v) is 3.60. The van der Waals surface area contributed by atoms with Gasteiger partial charge in [-0.15, -0.1) is 0 Å². The molecule has 2 aliphatic rings. The molecule has 2 fully saturated rings. The molecule has 2 heteroatoms. The van der Waals surface area contributed by atoms with E-state index in [4.69, 9.17) is 0 Å². The average Bonchev–Trinajstić information content (AvgIpc) is 2.59. The van der Waals surface area contributed by atoms with Crippen LogP contribution < -0.4 is 5.32 Å². The van der Waals surface area contributed by atoms with E-state index >= 15 is 0 Å². The third kappa shape index (κ3) is 3.96. The zero-order valence-electron chi connectivity index (χ0n) is 11.8. The van der Waals surface area contributed by atoms with Gasteiger partial charge in [-0.25, -0.2) is 0 Å². The molecule has 17 heavy (non-hydrogen) atoms. The molecule has 2 nitrogen and oxygen atoms in total. The largest absolute Gasteiger partial charge is 0.314 e. The van der Waals surface area contributed by atoms with Crippen LogP contribution in [0.2, 0.25) is 0 Å². The lowest BCUT2D eigenvalue weighted by Crippen LogP contribution is -2.35. The molecule has 3 atom stereocenters. The van der Waals surface area contributed by atoms with Crippen LogP contribution in [0.1, 0.15) is 52.4 Å². The molecule has 0 spiro atoms. The molecule has 0 aromatic heterocycles. The summed E-state index contributed by atoms with van der Waals surface area (Å²) in [5.41, 5.74) is 0. The van der Waals surface area contributed by atoms with E-state index in [-0.39, 0.29) is 0 Å². The van der Waals surface area contributed by atoms with Crippen LogP contribution in [0.3, 0.4) is 0 Å². The molecular weight excluding hydrogens is 208 g/mol. The summed E-state index contributed by atoms with van der Waals surface area (Å²) in [5, 5.41) is 3.58. The Morgan fingerprint density at radius 3 is 2.76 bits per heavy atom. The van der Waals surface area contributed by atoms with Gasteiger partial charge in [-0.2, -0.15) is 0 Å². The molecule has 0 aliphatic carbocycles. The van der Waals surface area contributed by atoms with Crippen molar-refractivity contribution in [2.45, 2.75) is 58.4 Å². The molecule has 2 heterocycles. The Bertz CT molecular complexity index is 217. The first-order chi connectivity index (χ1) is 8.29. The minimum atomic E-state index is 0.740. The number of hydrogen-bond acceptors (Lipinski definition) is 2. The summed E-state index contributed by atoms with van der Waals surface area (Å²) in [6, 6.07) is 0.740. The highest BCUT2D eigenvalue weighted by Crippen LogP contribution is 2.24. The van der Waals surface area contributed by atoms with E-state index in [0.717, 1.165) is 17.9 Å². The number of hydrogen-bond donors (Lipinski definition) is 1. The van der Waals surface area contributed by atoms with Crippen molar-refractivity contribution in [2.24, 2.45) is 11.8 Å². The number of rotatable bonds is 4. The summed E-state index contributed by atoms with van der Waals surface area (Å²) >= 11 is 0. The molecule has 1 N–H and O–H groups in total. The van der Waals surface area contributed by atoms with Gasteiger partial charge in [0.15, 0.2) is 0 Å². The van der Waals surface area contributed by atoms with Crippen molar-refractivity contribution in [1.82, 2.24) is 10.2 Å². The molecule has 0 aromatic carbocycles. The van der Waals surface area contributed by atoms with Crippen molar-refractivity contribution in [1.29, 1.82) is 0 Å². The first kappa shape index (κ1) is 13.4. The van der Waals surface area contributed by atoms with Gasteiger partial charge in [0, 0.05) is 12.6 Å². The standard InChI is InChI=1S/C15H30N2/c1-3-5-14-6-4-10-17(11-8-14)12-15-7-9-16-13(15)2/h13-16H,3-12H2,1-2H3. The summed E-state index contributed by atoms with van der Waals surface area (Å²) in [4.78, 5) is 2.74. The second-order valence-electron chi connectivity index (χ2n) is 6.18. The van der Waals surface area contributed by atoms with Crippen LogP contribution in [-0.4, -0.2) is 37.1 Å². The lowest BCUT2D eigenvalue weighted by atomic mass is 9.96. The van der Waals surface area contributed by atoms with E-state index in [0.29, 0.717) is 0 Å². The molecule has 0 radical (unpaired) electrons. The quantitative estimate of drug-likeness (QED) is 0.810. The van der Waals surface area contributed by atoms with Crippen LogP contribution in [0.5, 0.6) is 0 Å². The Kier molecular flexibility index (Phi) is 5.30. The van der Waals surface area contributed by atoms with Crippen LogP contribution in [0.25, 0.3) is 0 Å². The fraction of sp³-hybridized carbons (Fsp3) is 1.00. The third-order valence-corrected chi connectivity index (χ3v) is 4.82. The molecule has 2 saturated heterocycles. The zero-order valence-corrected chi connectivity index (χ0v) is 11.8. The maximum atomic E-state index is 3.58. The molecular formula is C15H30N2.